The van der Waals surface area contributed by atoms with Crippen molar-refractivity contribution in [3.63, 3.8) is 0 Å². The number of amides is 1. The van der Waals surface area contributed by atoms with E-state index in [2.05, 4.69) is 5.32 Å². The number of carbonyl (C=O) groups excluding carboxylic acids is 1. The highest BCUT2D eigenvalue weighted by molar-refractivity contribution is 5.79. The summed E-state index contributed by atoms with van der Waals surface area (Å²) in [5.74, 6) is 0.747. The fourth-order valence-corrected chi connectivity index (χ4v) is 3.36. The molecule has 110 valence electrons. The molecule has 3 N–H and O–H groups in total. The summed E-state index contributed by atoms with van der Waals surface area (Å²) in [5.41, 5.74) is 5.78. The maximum atomic E-state index is 12.2. The van der Waals surface area contributed by atoms with Crippen molar-refractivity contribution >= 4 is 5.91 Å². The summed E-state index contributed by atoms with van der Waals surface area (Å²) in [4.78, 5) is 12.2. The number of carbonyl (C=O) groups is 1. The second-order valence-corrected chi connectivity index (χ2v) is 5.96. The molecule has 2 fully saturated rings. The van der Waals surface area contributed by atoms with Crippen LogP contribution in [-0.2, 0) is 9.53 Å². The highest BCUT2D eigenvalue weighted by atomic mass is 16.5. The minimum atomic E-state index is 0.144. The molecule has 1 aliphatic carbocycles. The summed E-state index contributed by atoms with van der Waals surface area (Å²) in [6.07, 6.45) is 9.40. The van der Waals surface area contributed by atoms with E-state index in [1.165, 1.54) is 25.7 Å². The molecule has 1 heterocycles. The Balaban J connectivity index is 1.67. The lowest BCUT2D eigenvalue weighted by atomic mass is 9.79. The number of nitrogens with one attached hydrogen (secondary N) is 1. The predicted molar refractivity (Wildman–Crippen MR) is 75.7 cm³/mol. The zero-order valence-corrected chi connectivity index (χ0v) is 11.9. The summed E-state index contributed by atoms with van der Waals surface area (Å²) >= 11 is 0. The summed E-state index contributed by atoms with van der Waals surface area (Å²) in [7, 11) is 0. The van der Waals surface area contributed by atoms with Crippen LogP contribution in [0.4, 0.5) is 0 Å². The second kappa shape index (κ2) is 7.85. The molecule has 0 bridgehead atoms. The van der Waals surface area contributed by atoms with Crippen molar-refractivity contribution in [3.05, 3.63) is 0 Å². The van der Waals surface area contributed by atoms with E-state index in [0.717, 1.165) is 38.8 Å². The first-order valence-electron chi connectivity index (χ1n) is 7.90. The summed E-state index contributed by atoms with van der Waals surface area (Å²) < 4.78 is 5.68. The molecular weight excluding hydrogens is 240 g/mol. The normalized spacial score (nSPS) is 31.9. The molecule has 1 amide bonds. The third-order valence-electron chi connectivity index (χ3n) is 4.59. The Labute approximate surface area is 116 Å². The van der Waals surface area contributed by atoms with Gasteiger partial charge in [-0.3, -0.25) is 4.79 Å². The van der Waals surface area contributed by atoms with Crippen LogP contribution in [0.25, 0.3) is 0 Å². The Morgan fingerprint density at radius 1 is 1.16 bits per heavy atom. The van der Waals surface area contributed by atoms with E-state index < -0.39 is 0 Å². The van der Waals surface area contributed by atoms with E-state index in [1.54, 1.807) is 0 Å². The zero-order chi connectivity index (χ0) is 13.5. The van der Waals surface area contributed by atoms with Crippen molar-refractivity contribution in [2.75, 3.05) is 19.7 Å². The number of nitrogens with two attached hydrogens (primary N) is 1. The number of rotatable bonds is 5. The van der Waals surface area contributed by atoms with Gasteiger partial charge in [0.1, 0.15) is 0 Å². The first kappa shape index (κ1) is 14.8. The fourth-order valence-electron chi connectivity index (χ4n) is 3.36. The van der Waals surface area contributed by atoms with Gasteiger partial charge in [0.05, 0.1) is 6.10 Å². The molecule has 1 aliphatic heterocycles. The lowest BCUT2D eigenvalue weighted by molar-refractivity contribution is -0.127. The molecule has 3 unspecified atom stereocenters. The third-order valence-corrected chi connectivity index (χ3v) is 4.59. The molecule has 0 aromatic carbocycles. The molecular formula is C15H28N2O2. The Kier molecular flexibility index (Phi) is 6.11. The van der Waals surface area contributed by atoms with Gasteiger partial charge in [-0.05, 0) is 51.0 Å². The van der Waals surface area contributed by atoms with E-state index in [1.807, 2.05) is 0 Å². The van der Waals surface area contributed by atoms with Crippen LogP contribution in [0.2, 0.25) is 0 Å². The molecule has 1 saturated heterocycles. The Morgan fingerprint density at radius 2 is 1.95 bits per heavy atom. The van der Waals surface area contributed by atoms with Gasteiger partial charge in [-0.2, -0.15) is 0 Å². The van der Waals surface area contributed by atoms with Gasteiger partial charge in [-0.25, -0.2) is 0 Å². The topological polar surface area (TPSA) is 64.4 Å². The summed E-state index contributed by atoms with van der Waals surface area (Å²) in [5, 5.41) is 3.09. The molecule has 3 atom stereocenters. The lowest BCUT2D eigenvalue weighted by Gasteiger charge is -2.30. The molecule has 19 heavy (non-hydrogen) atoms. The lowest BCUT2D eigenvalue weighted by Crippen LogP contribution is -2.40. The van der Waals surface area contributed by atoms with Gasteiger partial charge in [0.2, 0.25) is 5.91 Å². The molecule has 2 rings (SSSR count). The fraction of sp³-hybridized carbons (Fsp3) is 0.933. The van der Waals surface area contributed by atoms with Gasteiger partial charge < -0.3 is 15.8 Å². The van der Waals surface area contributed by atoms with E-state index in [4.69, 9.17) is 10.5 Å². The van der Waals surface area contributed by atoms with Crippen LogP contribution in [0.15, 0.2) is 0 Å². The van der Waals surface area contributed by atoms with E-state index in [-0.39, 0.29) is 11.8 Å². The minimum Gasteiger partial charge on any atom is -0.378 e. The Hall–Kier alpha value is -0.610. The first-order valence-corrected chi connectivity index (χ1v) is 7.90. The molecule has 1 saturated carbocycles. The van der Waals surface area contributed by atoms with Crippen LogP contribution in [-0.4, -0.2) is 31.7 Å². The molecule has 0 aromatic heterocycles. The second-order valence-electron chi connectivity index (χ2n) is 5.96. The average Bonchev–Trinajstić information content (AvgIpc) is 2.48. The minimum absolute atomic E-state index is 0.144. The van der Waals surface area contributed by atoms with Crippen LogP contribution >= 0.6 is 0 Å². The van der Waals surface area contributed by atoms with E-state index in [0.29, 0.717) is 18.6 Å². The molecule has 4 heteroatoms. The van der Waals surface area contributed by atoms with E-state index >= 15 is 0 Å². The molecule has 0 spiro atoms. The van der Waals surface area contributed by atoms with Crippen LogP contribution < -0.4 is 11.1 Å². The average molecular weight is 268 g/mol. The number of hydrogen-bond acceptors (Lipinski definition) is 3. The molecule has 2 aliphatic rings. The Bertz CT molecular complexity index is 277. The summed E-state index contributed by atoms with van der Waals surface area (Å²) in [6.45, 7) is 2.28. The quantitative estimate of drug-likeness (QED) is 0.799. The van der Waals surface area contributed by atoms with Gasteiger partial charge in [0, 0.05) is 19.1 Å². The van der Waals surface area contributed by atoms with Crippen LogP contribution in [0.3, 0.4) is 0 Å². The SMILES string of the molecule is NCC1CCCCC1C(=O)NCCC1CCCCO1. The third kappa shape index (κ3) is 4.46. The number of ether oxygens (including phenoxy) is 1. The van der Waals surface area contributed by atoms with Gasteiger partial charge >= 0.3 is 0 Å². The van der Waals surface area contributed by atoms with Crippen LogP contribution in [0.5, 0.6) is 0 Å². The number of hydrogen-bond donors (Lipinski definition) is 2. The largest absolute Gasteiger partial charge is 0.378 e. The van der Waals surface area contributed by atoms with Crippen LogP contribution in [0, 0.1) is 11.8 Å². The van der Waals surface area contributed by atoms with Crippen molar-refractivity contribution in [2.45, 2.75) is 57.5 Å². The van der Waals surface area contributed by atoms with Gasteiger partial charge in [0.15, 0.2) is 0 Å². The van der Waals surface area contributed by atoms with Crippen molar-refractivity contribution < 1.29 is 9.53 Å². The predicted octanol–water partition coefficient (Wildman–Crippen LogP) is 1.83. The van der Waals surface area contributed by atoms with Gasteiger partial charge in [0.25, 0.3) is 0 Å². The molecule has 0 aromatic rings. The standard InChI is InChI=1S/C15H28N2O2/c16-11-12-5-1-2-7-14(12)15(18)17-9-8-13-6-3-4-10-19-13/h12-14H,1-11,16H2,(H,17,18). The van der Waals surface area contributed by atoms with Crippen molar-refractivity contribution in [3.8, 4) is 0 Å². The van der Waals surface area contributed by atoms with Gasteiger partial charge in [-0.1, -0.05) is 12.8 Å². The first-order chi connectivity index (χ1) is 9.31. The van der Waals surface area contributed by atoms with Gasteiger partial charge in [-0.15, -0.1) is 0 Å². The van der Waals surface area contributed by atoms with Crippen molar-refractivity contribution in [1.29, 1.82) is 0 Å². The maximum absolute atomic E-state index is 12.2. The van der Waals surface area contributed by atoms with Crippen molar-refractivity contribution in [1.82, 2.24) is 5.32 Å². The molecule has 0 radical (unpaired) electrons. The highest BCUT2D eigenvalue weighted by Crippen LogP contribution is 2.29. The maximum Gasteiger partial charge on any atom is 0.223 e. The monoisotopic (exact) mass is 268 g/mol. The Morgan fingerprint density at radius 3 is 2.68 bits per heavy atom. The smallest absolute Gasteiger partial charge is 0.223 e. The van der Waals surface area contributed by atoms with E-state index in [9.17, 15) is 4.79 Å². The summed E-state index contributed by atoms with van der Waals surface area (Å²) in [6, 6.07) is 0. The highest BCUT2D eigenvalue weighted by Gasteiger charge is 2.29. The molecule has 4 nitrogen and oxygen atoms in total. The van der Waals surface area contributed by atoms with Crippen molar-refractivity contribution in [2.24, 2.45) is 17.6 Å². The van der Waals surface area contributed by atoms with Crippen LogP contribution in [0.1, 0.15) is 51.4 Å². The zero-order valence-electron chi connectivity index (χ0n) is 11.9.